The molecule has 0 aromatic heterocycles. The van der Waals surface area contributed by atoms with Gasteiger partial charge < -0.3 is 14.2 Å². The van der Waals surface area contributed by atoms with Crippen molar-refractivity contribution in [3.63, 3.8) is 0 Å². The van der Waals surface area contributed by atoms with E-state index in [1.165, 1.54) is 5.56 Å². The summed E-state index contributed by atoms with van der Waals surface area (Å²) in [5, 5.41) is 0. The Morgan fingerprint density at radius 2 is 2.11 bits per heavy atom. The first-order valence-electron chi connectivity index (χ1n) is 6.25. The van der Waals surface area contributed by atoms with Crippen LogP contribution < -0.4 is 0 Å². The first kappa shape index (κ1) is 13.1. The van der Waals surface area contributed by atoms with Crippen LogP contribution in [0.1, 0.15) is 19.4 Å². The zero-order valence-electron chi connectivity index (χ0n) is 11.0. The number of hydrogen-bond donors (Lipinski definition) is 0. The van der Waals surface area contributed by atoms with E-state index >= 15 is 0 Å². The van der Waals surface area contributed by atoms with E-state index in [0.29, 0.717) is 26.4 Å². The molecule has 1 atom stereocenters. The number of benzene rings is 1. The highest BCUT2D eigenvalue weighted by Crippen LogP contribution is 2.17. The van der Waals surface area contributed by atoms with Gasteiger partial charge in [0.15, 0.2) is 0 Å². The van der Waals surface area contributed by atoms with E-state index in [2.05, 4.69) is 12.1 Å². The van der Waals surface area contributed by atoms with Crippen molar-refractivity contribution in [2.24, 2.45) is 0 Å². The summed E-state index contributed by atoms with van der Waals surface area (Å²) in [6.45, 7) is 6.46. The summed E-state index contributed by atoms with van der Waals surface area (Å²) in [6.07, 6.45) is 1.79. The molecule has 98 valence electrons. The van der Waals surface area contributed by atoms with Crippen LogP contribution in [0.2, 0.25) is 0 Å². The van der Waals surface area contributed by atoms with E-state index in [9.17, 15) is 0 Å². The number of ether oxygens (including phenoxy) is 3. The fraction of sp³-hybridized carbons (Fsp3) is 0.467. The molecular weight excluding hydrogens is 228 g/mol. The van der Waals surface area contributed by atoms with Crippen LogP contribution in [-0.4, -0.2) is 32.0 Å². The summed E-state index contributed by atoms with van der Waals surface area (Å²) in [4.78, 5) is 0. The molecule has 0 saturated carbocycles. The normalized spacial score (nSPS) is 24.9. The van der Waals surface area contributed by atoms with Gasteiger partial charge in [-0.15, -0.1) is 0 Å². The maximum atomic E-state index is 5.67. The smallest absolute Gasteiger partial charge is 0.122 e. The van der Waals surface area contributed by atoms with E-state index in [4.69, 9.17) is 14.2 Å². The fourth-order valence-electron chi connectivity index (χ4n) is 1.87. The standard InChI is InChI=1S/C15H20O3/c1-13(14-6-4-3-5-7-14)10-17-12-15(2)11-16-8-9-18-15/h3-7,10H,8-9,11-12H2,1-2H3/b13-10-. The van der Waals surface area contributed by atoms with Gasteiger partial charge >= 0.3 is 0 Å². The SMILES string of the molecule is C/C(=C/OCC1(C)COCCO1)c1ccccc1. The summed E-state index contributed by atoms with van der Waals surface area (Å²) in [6, 6.07) is 10.2. The third-order valence-corrected chi connectivity index (χ3v) is 2.96. The maximum absolute atomic E-state index is 5.67. The van der Waals surface area contributed by atoms with Gasteiger partial charge in [-0.05, 0) is 25.0 Å². The van der Waals surface area contributed by atoms with E-state index in [1.807, 2.05) is 32.0 Å². The molecule has 0 radical (unpaired) electrons. The zero-order valence-corrected chi connectivity index (χ0v) is 11.0. The van der Waals surface area contributed by atoms with Crippen molar-refractivity contribution >= 4 is 5.57 Å². The average Bonchev–Trinajstić information content (AvgIpc) is 2.40. The first-order chi connectivity index (χ1) is 8.70. The van der Waals surface area contributed by atoms with Gasteiger partial charge in [0, 0.05) is 0 Å². The Balaban J connectivity index is 1.87. The van der Waals surface area contributed by atoms with Gasteiger partial charge in [0.2, 0.25) is 0 Å². The summed E-state index contributed by atoms with van der Waals surface area (Å²) in [7, 11) is 0. The van der Waals surface area contributed by atoms with Crippen molar-refractivity contribution in [2.75, 3.05) is 26.4 Å². The third kappa shape index (κ3) is 3.59. The highest BCUT2D eigenvalue weighted by atomic mass is 16.6. The Morgan fingerprint density at radius 1 is 1.33 bits per heavy atom. The van der Waals surface area contributed by atoms with Crippen LogP contribution in [0.4, 0.5) is 0 Å². The van der Waals surface area contributed by atoms with Crippen LogP contribution >= 0.6 is 0 Å². The van der Waals surface area contributed by atoms with Gasteiger partial charge in [-0.1, -0.05) is 30.3 Å². The van der Waals surface area contributed by atoms with Gasteiger partial charge in [-0.25, -0.2) is 0 Å². The number of rotatable bonds is 4. The molecule has 1 unspecified atom stereocenters. The summed E-state index contributed by atoms with van der Waals surface area (Å²) in [5.74, 6) is 0. The summed E-state index contributed by atoms with van der Waals surface area (Å²) < 4.78 is 16.7. The molecule has 1 saturated heterocycles. The number of hydrogen-bond acceptors (Lipinski definition) is 3. The first-order valence-corrected chi connectivity index (χ1v) is 6.25. The van der Waals surface area contributed by atoms with Crippen molar-refractivity contribution in [2.45, 2.75) is 19.4 Å². The molecule has 0 spiro atoms. The van der Waals surface area contributed by atoms with Crippen molar-refractivity contribution in [1.82, 2.24) is 0 Å². The Bertz CT molecular complexity index is 391. The molecule has 3 nitrogen and oxygen atoms in total. The molecule has 0 N–H and O–H groups in total. The molecule has 1 heterocycles. The molecular formula is C15H20O3. The topological polar surface area (TPSA) is 27.7 Å². The molecule has 0 amide bonds. The predicted octanol–water partition coefficient (Wildman–Crippen LogP) is 2.87. The lowest BCUT2D eigenvalue weighted by Crippen LogP contribution is -2.43. The monoisotopic (exact) mass is 248 g/mol. The Morgan fingerprint density at radius 3 is 2.78 bits per heavy atom. The van der Waals surface area contributed by atoms with Gasteiger partial charge in [0.05, 0.1) is 26.1 Å². The van der Waals surface area contributed by atoms with Gasteiger partial charge in [0.1, 0.15) is 12.2 Å². The molecule has 2 rings (SSSR count). The molecule has 3 heteroatoms. The third-order valence-electron chi connectivity index (χ3n) is 2.96. The highest BCUT2D eigenvalue weighted by Gasteiger charge is 2.29. The Labute approximate surface area is 108 Å². The Kier molecular flexibility index (Phi) is 4.39. The second-order valence-corrected chi connectivity index (χ2v) is 4.83. The van der Waals surface area contributed by atoms with E-state index < -0.39 is 0 Å². The van der Waals surface area contributed by atoms with Crippen molar-refractivity contribution < 1.29 is 14.2 Å². The van der Waals surface area contributed by atoms with Crippen molar-refractivity contribution in [3.8, 4) is 0 Å². The maximum Gasteiger partial charge on any atom is 0.122 e. The quantitative estimate of drug-likeness (QED) is 0.767. The lowest BCUT2D eigenvalue weighted by Gasteiger charge is -2.32. The molecule has 18 heavy (non-hydrogen) atoms. The van der Waals surface area contributed by atoms with Crippen LogP contribution in [-0.2, 0) is 14.2 Å². The second kappa shape index (κ2) is 6.03. The van der Waals surface area contributed by atoms with Crippen LogP contribution in [0.5, 0.6) is 0 Å². The largest absolute Gasteiger partial charge is 0.498 e. The van der Waals surface area contributed by atoms with Crippen LogP contribution in [0.3, 0.4) is 0 Å². The fourth-order valence-corrected chi connectivity index (χ4v) is 1.87. The summed E-state index contributed by atoms with van der Waals surface area (Å²) >= 11 is 0. The molecule has 1 aliphatic heterocycles. The molecule has 1 aliphatic rings. The zero-order chi connectivity index (χ0) is 12.8. The number of allylic oxidation sites excluding steroid dienone is 1. The second-order valence-electron chi connectivity index (χ2n) is 4.83. The molecule has 0 aliphatic carbocycles. The molecule has 0 bridgehead atoms. The Hall–Kier alpha value is -1.32. The minimum Gasteiger partial charge on any atom is -0.498 e. The van der Waals surface area contributed by atoms with Crippen LogP contribution in [0, 0.1) is 0 Å². The van der Waals surface area contributed by atoms with E-state index in [-0.39, 0.29) is 5.60 Å². The minimum atomic E-state index is -0.328. The van der Waals surface area contributed by atoms with Gasteiger partial charge in [-0.3, -0.25) is 0 Å². The molecule has 1 fully saturated rings. The van der Waals surface area contributed by atoms with E-state index in [1.54, 1.807) is 6.26 Å². The molecule has 1 aromatic carbocycles. The lowest BCUT2D eigenvalue weighted by molar-refractivity contribution is -0.165. The highest BCUT2D eigenvalue weighted by molar-refractivity contribution is 5.62. The predicted molar refractivity (Wildman–Crippen MR) is 71.2 cm³/mol. The van der Waals surface area contributed by atoms with Crippen LogP contribution in [0.25, 0.3) is 5.57 Å². The van der Waals surface area contributed by atoms with Gasteiger partial charge in [0.25, 0.3) is 0 Å². The lowest BCUT2D eigenvalue weighted by atomic mass is 10.1. The minimum absolute atomic E-state index is 0.328. The van der Waals surface area contributed by atoms with Gasteiger partial charge in [-0.2, -0.15) is 0 Å². The van der Waals surface area contributed by atoms with Crippen molar-refractivity contribution in [1.29, 1.82) is 0 Å². The average molecular weight is 248 g/mol. The van der Waals surface area contributed by atoms with Crippen molar-refractivity contribution in [3.05, 3.63) is 42.2 Å². The van der Waals surface area contributed by atoms with Crippen LogP contribution in [0.15, 0.2) is 36.6 Å². The molecule has 1 aromatic rings. The van der Waals surface area contributed by atoms with E-state index in [0.717, 1.165) is 5.57 Å². The summed E-state index contributed by atoms with van der Waals surface area (Å²) in [5.41, 5.74) is 1.95.